The molecule has 2 rings (SSSR count). The molecule has 17 heavy (non-hydrogen) atoms. The van der Waals surface area contributed by atoms with Gasteiger partial charge in [0.25, 0.3) is 0 Å². The fourth-order valence-electron chi connectivity index (χ4n) is 2.15. The highest BCUT2D eigenvalue weighted by atomic mass is 32.2. The summed E-state index contributed by atoms with van der Waals surface area (Å²) in [6, 6.07) is 8.36. The van der Waals surface area contributed by atoms with Gasteiger partial charge in [-0.2, -0.15) is 4.31 Å². The first kappa shape index (κ1) is 12.5. The monoisotopic (exact) mass is 255 g/mol. The molecule has 1 saturated heterocycles. The van der Waals surface area contributed by atoms with E-state index in [-0.39, 0.29) is 12.5 Å². The minimum absolute atomic E-state index is 0.0495. The van der Waals surface area contributed by atoms with Gasteiger partial charge in [0.15, 0.2) is 0 Å². The van der Waals surface area contributed by atoms with Gasteiger partial charge in [-0.3, -0.25) is 0 Å². The van der Waals surface area contributed by atoms with Crippen molar-refractivity contribution in [3.05, 3.63) is 30.3 Å². The summed E-state index contributed by atoms with van der Waals surface area (Å²) in [7, 11) is -3.44. The highest BCUT2D eigenvalue weighted by Crippen LogP contribution is 2.26. The van der Waals surface area contributed by atoms with Crippen LogP contribution in [0.15, 0.2) is 35.2 Å². The number of benzene rings is 1. The lowest BCUT2D eigenvalue weighted by molar-refractivity contribution is 0.143. The Morgan fingerprint density at radius 2 is 1.94 bits per heavy atom. The number of β-amino-alcohol motifs (C(OH)–C–C–N with tert-alkyl or cyclic N) is 1. The highest BCUT2D eigenvalue weighted by molar-refractivity contribution is 7.89. The molecule has 1 aliphatic rings. The molecule has 0 bridgehead atoms. The van der Waals surface area contributed by atoms with Crippen molar-refractivity contribution in [3.63, 3.8) is 0 Å². The smallest absolute Gasteiger partial charge is 0.243 e. The Hall–Kier alpha value is -0.910. The Balaban J connectivity index is 2.24. The first-order valence-corrected chi connectivity index (χ1v) is 7.23. The van der Waals surface area contributed by atoms with E-state index in [1.807, 2.05) is 6.92 Å². The number of sulfonamides is 1. The van der Waals surface area contributed by atoms with Crippen molar-refractivity contribution in [2.45, 2.75) is 24.3 Å². The van der Waals surface area contributed by atoms with Gasteiger partial charge in [-0.1, -0.05) is 25.1 Å². The van der Waals surface area contributed by atoms with Crippen LogP contribution >= 0.6 is 0 Å². The zero-order valence-electron chi connectivity index (χ0n) is 9.78. The Bertz CT molecular complexity index is 472. The van der Waals surface area contributed by atoms with E-state index in [9.17, 15) is 13.5 Å². The molecule has 1 aromatic carbocycles. The number of hydrogen-bond donors (Lipinski definition) is 1. The van der Waals surface area contributed by atoms with E-state index < -0.39 is 16.1 Å². The Kier molecular flexibility index (Phi) is 3.51. The van der Waals surface area contributed by atoms with E-state index in [4.69, 9.17) is 0 Å². The molecule has 2 unspecified atom stereocenters. The van der Waals surface area contributed by atoms with Crippen LogP contribution in [0.3, 0.4) is 0 Å². The zero-order chi connectivity index (χ0) is 12.5. The standard InChI is InChI=1S/C12H17NO3S/c1-2-10-8-13(9-12(10)14)17(15,16)11-6-4-3-5-7-11/h3-7,10,12,14H,2,8-9H2,1H3. The molecule has 2 atom stereocenters. The van der Waals surface area contributed by atoms with Gasteiger partial charge in [-0.15, -0.1) is 0 Å². The molecule has 0 saturated carbocycles. The first-order valence-electron chi connectivity index (χ1n) is 5.79. The van der Waals surface area contributed by atoms with Crippen molar-refractivity contribution in [3.8, 4) is 0 Å². The van der Waals surface area contributed by atoms with Gasteiger partial charge < -0.3 is 5.11 Å². The molecule has 0 radical (unpaired) electrons. The Labute approximate surface area is 102 Å². The van der Waals surface area contributed by atoms with Crippen molar-refractivity contribution >= 4 is 10.0 Å². The predicted molar refractivity (Wildman–Crippen MR) is 65.0 cm³/mol. The molecule has 1 fully saturated rings. The number of rotatable bonds is 3. The average Bonchev–Trinajstić information content (AvgIpc) is 2.72. The molecule has 0 aliphatic carbocycles. The number of nitrogens with zero attached hydrogens (tertiary/aromatic N) is 1. The highest BCUT2D eigenvalue weighted by Gasteiger charge is 2.37. The first-order chi connectivity index (χ1) is 8.05. The number of aliphatic hydroxyl groups excluding tert-OH is 1. The maximum Gasteiger partial charge on any atom is 0.243 e. The van der Waals surface area contributed by atoms with Crippen molar-refractivity contribution in [2.24, 2.45) is 5.92 Å². The predicted octanol–water partition coefficient (Wildman–Crippen LogP) is 1.08. The molecule has 94 valence electrons. The molecule has 5 heteroatoms. The second-order valence-electron chi connectivity index (χ2n) is 4.37. The maximum atomic E-state index is 12.3. The van der Waals surface area contributed by atoms with Gasteiger partial charge in [0.05, 0.1) is 11.0 Å². The zero-order valence-corrected chi connectivity index (χ0v) is 10.6. The molecule has 1 N–H and O–H groups in total. The van der Waals surface area contributed by atoms with Crippen molar-refractivity contribution < 1.29 is 13.5 Å². The van der Waals surface area contributed by atoms with Crippen LogP contribution in [0.25, 0.3) is 0 Å². The minimum atomic E-state index is -3.44. The largest absolute Gasteiger partial charge is 0.391 e. The lowest BCUT2D eigenvalue weighted by Gasteiger charge is -2.15. The van der Waals surface area contributed by atoms with Crippen LogP contribution in [0.2, 0.25) is 0 Å². The second-order valence-corrected chi connectivity index (χ2v) is 6.31. The summed E-state index contributed by atoms with van der Waals surface area (Å²) in [5.74, 6) is 0.0495. The summed E-state index contributed by atoms with van der Waals surface area (Å²) in [4.78, 5) is 0.295. The van der Waals surface area contributed by atoms with Gasteiger partial charge >= 0.3 is 0 Å². The third-order valence-corrected chi connectivity index (χ3v) is 5.12. The molecule has 0 spiro atoms. The van der Waals surface area contributed by atoms with Crippen LogP contribution in [0, 0.1) is 5.92 Å². The van der Waals surface area contributed by atoms with Gasteiger partial charge in [-0.05, 0) is 24.5 Å². The van der Waals surface area contributed by atoms with E-state index in [1.54, 1.807) is 30.3 Å². The lowest BCUT2D eigenvalue weighted by atomic mass is 10.0. The summed E-state index contributed by atoms with van der Waals surface area (Å²) < 4.78 is 25.9. The maximum absolute atomic E-state index is 12.3. The van der Waals surface area contributed by atoms with Crippen molar-refractivity contribution in [1.29, 1.82) is 0 Å². The fraction of sp³-hybridized carbons (Fsp3) is 0.500. The SMILES string of the molecule is CCC1CN(S(=O)(=O)c2ccccc2)CC1O. The topological polar surface area (TPSA) is 57.6 Å². The molecule has 1 aliphatic heterocycles. The summed E-state index contributed by atoms with van der Waals surface area (Å²) in [6.07, 6.45) is 0.251. The average molecular weight is 255 g/mol. The normalized spacial score (nSPS) is 26.2. The molecule has 0 amide bonds. The molecular formula is C12H17NO3S. The fourth-order valence-corrected chi connectivity index (χ4v) is 3.69. The number of hydrogen-bond acceptors (Lipinski definition) is 3. The molecule has 1 aromatic rings. The van der Waals surface area contributed by atoms with Crippen LogP contribution in [-0.4, -0.2) is 37.0 Å². The Morgan fingerprint density at radius 3 is 2.47 bits per heavy atom. The van der Waals surface area contributed by atoms with Gasteiger partial charge in [0.1, 0.15) is 0 Å². The molecule has 0 aromatic heterocycles. The second kappa shape index (κ2) is 4.76. The van der Waals surface area contributed by atoms with Gasteiger partial charge in [-0.25, -0.2) is 8.42 Å². The van der Waals surface area contributed by atoms with Crippen LogP contribution in [0.5, 0.6) is 0 Å². The quantitative estimate of drug-likeness (QED) is 0.879. The van der Waals surface area contributed by atoms with Crippen LogP contribution in [0.1, 0.15) is 13.3 Å². The molecule has 4 nitrogen and oxygen atoms in total. The summed E-state index contributed by atoms with van der Waals surface area (Å²) >= 11 is 0. The van der Waals surface area contributed by atoms with Crippen LogP contribution in [-0.2, 0) is 10.0 Å². The van der Waals surface area contributed by atoms with Crippen molar-refractivity contribution in [2.75, 3.05) is 13.1 Å². The van der Waals surface area contributed by atoms with Crippen molar-refractivity contribution in [1.82, 2.24) is 4.31 Å². The van der Waals surface area contributed by atoms with Gasteiger partial charge in [0.2, 0.25) is 10.0 Å². The van der Waals surface area contributed by atoms with E-state index in [2.05, 4.69) is 0 Å². The third-order valence-electron chi connectivity index (χ3n) is 3.28. The molecule has 1 heterocycles. The van der Waals surface area contributed by atoms with E-state index in [0.717, 1.165) is 6.42 Å². The summed E-state index contributed by atoms with van der Waals surface area (Å²) in [5, 5.41) is 9.76. The lowest BCUT2D eigenvalue weighted by Crippen LogP contribution is -2.29. The van der Waals surface area contributed by atoms with E-state index in [0.29, 0.717) is 11.4 Å². The minimum Gasteiger partial charge on any atom is -0.391 e. The van der Waals surface area contributed by atoms with E-state index in [1.165, 1.54) is 4.31 Å². The Morgan fingerprint density at radius 1 is 1.29 bits per heavy atom. The third kappa shape index (κ3) is 2.36. The molecular weight excluding hydrogens is 238 g/mol. The number of aliphatic hydroxyl groups is 1. The van der Waals surface area contributed by atoms with E-state index >= 15 is 0 Å². The summed E-state index contributed by atoms with van der Waals surface area (Å²) in [6.45, 7) is 2.58. The van der Waals surface area contributed by atoms with Crippen LogP contribution < -0.4 is 0 Å². The summed E-state index contributed by atoms with van der Waals surface area (Å²) in [5.41, 5.74) is 0. The van der Waals surface area contributed by atoms with Crippen LogP contribution in [0.4, 0.5) is 0 Å². The van der Waals surface area contributed by atoms with Gasteiger partial charge in [0, 0.05) is 13.1 Å².